The number of H-pyrrole nitrogens is 1. The minimum atomic E-state index is 0.618. The fourth-order valence-electron chi connectivity index (χ4n) is 2.11. The van der Waals surface area contributed by atoms with Crippen LogP contribution in [0, 0.1) is 0 Å². The molecule has 3 nitrogen and oxygen atoms in total. The highest BCUT2D eigenvalue weighted by Gasteiger charge is 2.37. The summed E-state index contributed by atoms with van der Waals surface area (Å²) in [7, 11) is 0. The molecule has 3 rings (SSSR count). The highest BCUT2D eigenvalue weighted by Crippen LogP contribution is 2.40. The summed E-state index contributed by atoms with van der Waals surface area (Å²) in [4.78, 5) is 7.30. The van der Waals surface area contributed by atoms with Crippen molar-refractivity contribution >= 4 is 0 Å². The van der Waals surface area contributed by atoms with Crippen LogP contribution >= 0.6 is 0 Å². The minimum Gasteiger partial charge on any atom is -0.348 e. The molecule has 0 amide bonds. The van der Waals surface area contributed by atoms with Crippen molar-refractivity contribution < 1.29 is 0 Å². The molecular formula is C13H15N3. The van der Waals surface area contributed by atoms with E-state index in [-0.39, 0.29) is 0 Å². The first kappa shape index (κ1) is 9.60. The van der Waals surface area contributed by atoms with Gasteiger partial charge in [-0.25, -0.2) is 4.98 Å². The Bertz CT molecular complexity index is 435. The topological polar surface area (TPSA) is 40.7 Å². The average Bonchev–Trinajstić information content (AvgIpc) is 2.93. The third-order valence-corrected chi connectivity index (χ3v) is 3.10. The zero-order valence-electron chi connectivity index (χ0n) is 9.06. The van der Waals surface area contributed by atoms with Gasteiger partial charge in [-0.2, -0.15) is 0 Å². The fourth-order valence-corrected chi connectivity index (χ4v) is 2.11. The highest BCUT2D eigenvalue weighted by atomic mass is 15.0. The number of benzene rings is 1. The molecule has 2 atom stereocenters. The third kappa shape index (κ3) is 1.99. The van der Waals surface area contributed by atoms with Gasteiger partial charge in [0, 0.05) is 24.4 Å². The summed E-state index contributed by atoms with van der Waals surface area (Å²) in [6.07, 6.45) is 4.89. The van der Waals surface area contributed by atoms with Crippen LogP contribution in [0.2, 0.25) is 0 Å². The molecule has 2 N–H and O–H groups in total. The van der Waals surface area contributed by atoms with Gasteiger partial charge in [0.2, 0.25) is 0 Å². The van der Waals surface area contributed by atoms with Gasteiger partial charge in [0.25, 0.3) is 0 Å². The van der Waals surface area contributed by atoms with Crippen LogP contribution in [-0.4, -0.2) is 16.0 Å². The molecule has 0 saturated heterocycles. The van der Waals surface area contributed by atoms with Crippen molar-refractivity contribution in [1.82, 2.24) is 15.3 Å². The molecule has 1 saturated carbocycles. The third-order valence-electron chi connectivity index (χ3n) is 3.10. The van der Waals surface area contributed by atoms with Crippen LogP contribution < -0.4 is 5.32 Å². The Morgan fingerprint density at radius 1 is 1.31 bits per heavy atom. The van der Waals surface area contributed by atoms with Crippen LogP contribution in [0.5, 0.6) is 0 Å². The molecule has 2 unspecified atom stereocenters. The Hall–Kier alpha value is -1.61. The lowest BCUT2D eigenvalue weighted by molar-refractivity contribution is 0.651. The van der Waals surface area contributed by atoms with Gasteiger partial charge in [0.1, 0.15) is 5.82 Å². The first-order chi connectivity index (χ1) is 7.93. The number of nitrogens with zero attached hydrogens (tertiary/aromatic N) is 1. The van der Waals surface area contributed by atoms with Gasteiger partial charge in [-0.15, -0.1) is 0 Å². The van der Waals surface area contributed by atoms with Gasteiger partial charge in [0.15, 0.2) is 0 Å². The van der Waals surface area contributed by atoms with Crippen LogP contribution in [0.25, 0.3) is 0 Å². The fraction of sp³-hybridized carbons (Fsp3) is 0.308. The van der Waals surface area contributed by atoms with E-state index in [1.54, 1.807) is 6.20 Å². The van der Waals surface area contributed by atoms with E-state index in [1.165, 1.54) is 12.0 Å². The summed E-state index contributed by atoms with van der Waals surface area (Å²) in [5, 5.41) is 3.51. The lowest BCUT2D eigenvalue weighted by Crippen LogP contribution is -2.18. The van der Waals surface area contributed by atoms with E-state index in [1.807, 2.05) is 6.20 Å². The SMILES string of the molecule is c1ccc(C2CC2NCc2ncc[nH]2)cc1. The van der Waals surface area contributed by atoms with Gasteiger partial charge in [-0.1, -0.05) is 30.3 Å². The van der Waals surface area contributed by atoms with E-state index in [2.05, 4.69) is 45.6 Å². The predicted molar refractivity (Wildman–Crippen MR) is 63.0 cm³/mol. The standard InChI is InChI=1S/C13H15N3/c1-2-4-10(5-3-1)11-8-12(11)16-9-13-14-6-7-15-13/h1-7,11-12,16H,8-9H2,(H,14,15). The second-order valence-corrected chi connectivity index (χ2v) is 4.28. The van der Waals surface area contributed by atoms with Crippen molar-refractivity contribution in [2.24, 2.45) is 0 Å². The van der Waals surface area contributed by atoms with E-state index in [4.69, 9.17) is 0 Å². The molecule has 1 fully saturated rings. The Morgan fingerprint density at radius 3 is 2.94 bits per heavy atom. The summed E-state index contributed by atoms with van der Waals surface area (Å²) in [6, 6.07) is 11.3. The van der Waals surface area contributed by atoms with Crippen LogP contribution in [0.1, 0.15) is 23.7 Å². The molecule has 1 aromatic heterocycles. The van der Waals surface area contributed by atoms with Crippen molar-refractivity contribution in [1.29, 1.82) is 0 Å². The molecule has 1 aliphatic rings. The van der Waals surface area contributed by atoms with Crippen molar-refractivity contribution in [2.75, 3.05) is 0 Å². The second kappa shape index (κ2) is 4.10. The van der Waals surface area contributed by atoms with E-state index >= 15 is 0 Å². The lowest BCUT2D eigenvalue weighted by Gasteiger charge is -2.02. The van der Waals surface area contributed by atoms with Crippen LogP contribution in [0.15, 0.2) is 42.7 Å². The quantitative estimate of drug-likeness (QED) is 0.816. The van der Waals surface area contributed by atoms with Crippen molar-refractivity contribution in [2.45, 2.75) is 24.9 Å². The molecule has 1 aliphatic carbocycles. The predicted octanol–water partition coefficient (Wildman–Crippen LogP) is 2.06. The van der Waals surface area contributed by atoms with Gasteiger partial charge in [-0.3, -0.25) is 0 Å². The maximum atomic E-state index is 4.20. The zero-order valence-corrected chi connectivity index (χ0v) is 9.06. The lowest BCUT2D eigenvalue weighted by atomic mass is 10.1. The molecule has 0 aliphatic heterocycles. The first-order valence-electron chi connectivity index (χ1n) is 5.70. The molecule has 82 valence electrons. The summed E-state index contributed by atoms with van der Waals surface area (Å²) in [5.41, 5.74) is 1.44. The number of nitrogens with one attached hydrogen (secondary N) is 2. The maximum Gasteiger partial charge on any atom is 0.120 e. The molecule has 16 heavy (non-hydrogen) atoms. The van der Waals surface area contributed by atoms with Crippen LogP contribution in [-0.2, 0) is 6.54 Å². The summed E-state index contributed by atoms with van der Waals surface area (Å²) in [6.45, 7) is 0.834. The molecule has 0 spiro atoms. The number of imidazole rings is 1. The van der Waals surface area contributed by atoms with E-state index in [0.29, 0.717) is 12.0 Å². The number of hydrogen-bond acceptors (Lipinski definition) is 2. The summed E-state index contributed by atoms with van der Waals surface area (Å²) < 4.78 is 0. The molecule has 1 aromatic carbocycles. The molecule has 0 bridgehead atoms. The van der Waals surface area contributed by atoms with Gasteiger partial charge in [-0.05, 0) is 12.0 Å². The minimum absolute atomic E-state index is 0.618. The Labute approximate surface area is 94.9 Å². The second-order valence-electron chi connectivity index (χ2n) is 4.28. The van der Waals surface area contributed by atoms with Gasteiger partial charge in [0.05, 0.1) is 6.54 Å². The number of aromatic amines is 1. The van der Waals surface area contributed by atoms with Crippen molar-refractivity contribution in [3.63, 3.8) is 0 Å². The molecular weight excluding hydrogens is 198 g/mol. The largest absolute Gasteiger partial charge is 0.348 e. The van der Waals surface area contributed by atoms with E-state index in [9.17, 15) is 0 Å². The molecule has 3 heteroatoms. The highest BCUT2D eigenvalue weighted by molar-refractivity contribution is 5.27. The zero-order chi connectivity index (χ0) is 10.8. The van der Waals surface area contributed by atoms with Gasteiger partial charge >= 0.3 is 0 Å². The van der Waals surface area contributed by atoms with Crippen LogP contribution in [0.3, 0.4) is 0 Å². The molecule has 1 heterocycles. The van der Waals surface area contributed by atoms with Gasteiger partial charge < -0.3 is 10.3 Å². The smallest absolute Gasteiger partial charge is 0.120 e. The first-order valence-corrected chi connectivity index (χ1v) is 5.70. The van der Waals surface area contributed by atoms with E-state index < -0.39 is 0 Å². The van der Waals surface area contributed by atoms with Crippen molar-refractivity contribution in [3.8, 4) is 0 Å². The van der Waals surface area contributed by atoms with Crippen LogP contribution in [0.4, 0.5) is 0 Å². The maximum absolute atomic E-state index is 4.20. The Morgan fingerprint density at radius 2 is 2.19 bits per heavy atom. The summed E-state index contributed by atoms with van der Waals surface area (Å²) >= 11 is 0. The molecule has 2 aromatic rings. The Balaban J connectivity index is 1.53. The van der Waals surface area contributed by atoms with Crippen molar-refractivity contribution in [3.05, 3.63) is 54.1 Å². The average molecular weight is 213 g/mol. The number of rotatable bonds is 4. The molecule has 0 radical (unpaired) electrons. The number of aromatic nitrogens is 2. The van der Waals surface area contributed by atoms with E-state index in [0.717, 1.165) is 12.4 Å². The number of hydrogen-bond donors (Lipinski definition) is 2. The normalized spacial score (nSPS) is 23.2. The Kier molecular flexibility index (Phi) is 2.46. The monoisotopic (exact) mass is 213 g/mol. The summed E-state index contributed by atoms with van der Waals surface area (Å²) in [5.74, 6) is 1.70.